The number of hydrogen-bond donors (Lipinski definition) is 1. The normalized spacial score (nSPS) is 13.0. The van der Waals surface area contributed by atoms with Crippen LogP contribution in [0.3, 0.4) is 0 Å². The van der Waals surface area contributed by atoms with Crippen molar-refractivity contribution in [3.63, 3.8) is 0 Å². The first-order valence-electron chi connectivity index (χ1n) is 5.75. The average molecular weight is 257 g/mol. The molecular formula is C13H20FNOS. The van der Waals surface area contributed by atoms with Gasteiger partial charge in [-0.15, -0.1) is 0 Å². The summed E-state index contributed by atoms with van der Waals surface area (Å²) < 4.78 is 13.4. The molecule has 1 N–H and O–H groups in total. The largest absolute Gasteiger partial charge is 0.388 e. The zero-order valence-electron chi connectivity index (χ0n) is 10.4. The highest BCUT2D eigenvalue weighted by atomic mass is 32.2. The molecule has 0 heterocycles. The van der Waals surface area contributed by atoms with Gasteiger partial charge in [-0.3, -0.25) is 0 Å². The van der Waals surface area contributed by atoms with Crippen molar-refractivity contribution in [2.75, 3.05) is 32.1 Å². The van der Waals surface area contributed by atoms with Gasteiger partial charge < -0.3 is 10.0 Å². The molecule has 17 heavy (non-hydrogen) atoms. The maximum atomic E-state index is 13.4. The molecule has 96 valence electrons. The van der Waals surface area contributed by atoms with Crippen LogP contribution in [-0.4, -0.2) is 42.2 Å². The fourth-order valence-electron chi connectivity index (χ4n) is 1.60. The maximum absolute atomic E-state index is 13.4. The Morgan fingerprint density at radius 2 is 2.06 bits per heavy atom. The van der Waals surface area contributed by atoms with Crippen LogP contribution >= 0.6 is 11.8 Å². The van der Waals surface area contributed by atoms with Crippen LogP contribution in [0.4, 0.5) is 4.39 Å². The average Bonchev–Trinajstić information content (AvgIpc) is 2.34. The summed E-state index contributed by atoms with van der Waals surface area (Å²) in [6.07, 6.45) is 1.92. The van der Waals surface area contributed by atoms with E-state index < -0.39 is 6.10 Å². The Hall–Kier alpha value is -0.580. The van der Waals surface area contributed by atoms with E-state index in [4.69, 9.17) is 0 Å². The summed E-state index contributed by atoms with van der Waals surface area (Å²) in [5.41, 5.74) is 0.394. The van der Waals surface area contributed by atoms with E-state index in [0.29, 0.717) is 12.0 Å². The summed E-state index contributed by atoms with van der Waals surface area (Å²) in [6, 6.07) is 6.41. The van der Waals surface area contributed by atoms with Gasteiger partial charge in [0.1, 0.15) is 5.82 Å². The maximum Gasteiger partial charge on any atom is 0.128 e. The minimum atomic E-state index is -0.715. The predicted octanol–water partition coefficient (Wildman–Crippen LogP) is 2.54. The smallest absolute Gasteiger partial charge is 0.128 e. The topological polar surface area (TPSA) is 23.5 Å². The first-order valence-corrected chi connectivity index (χ1v) is 7.14. The molecule has 0 aliphatic rings. The van der Waals surface area contributed by atoms with Crippen molar-refractivity contribution in [2.45, 2.75) is 12.5 Å². The highest BCUT2D eigenvalue weighted by Gasteiger charge is 2.12. The van der Waals surface area contributed by atoms with Gasteiger partial charge in [-0.25, -0.2) is 4.39 Å². The second kappa shape index (κ2) is 7.69. The fourth-order valence-corrected chi connectivity index (χ4v) is 2.10. The van der Waals surface area contributed by atoms with Crippen molar-refractivity contribution in [2.24, 2.45) is 0 Å². The second-order valence-corrected chi connectivity index (χ2v) is 5.11. The summed E-state index contributed by atoms with van der Waals surface area (Å²) in [5, 5.41) is 9.90. The zero-order valence-corrected chi connectivity index (χ0v) is 11.2. The lowest BCUT2D eigenvalue weighted by Crippen LogP contribution is -2.24. The molecule has 0 aliphatic heterocycles. The van der Waals surface area contributed by atoms with Crippen LogP contribution in [0.25, 0.3) is 0 Å². The summed E-state index contributed by atoms with van der Waals surface area (Å²) in [7, 11) is 2.02. The Morgan fingerprint density at radius 1 is 1.35 bits per heavy atom. The van der Waals surface area contributed by atoms with Crippen LogP contribution in [0.1, 0.15) is 18.1 Å². The molecule has 1 rings (SSSR count). The van der Waals surface area contributed by atoms with Crippen molar-refractivity contribution in [1.82, 2.24) is 4.90 Å². The van der Waals surface area contributed by atoms with E-state index in [-0.39, 0.29) is 5.82 Å². The molecule has 1 aromatic carbocycles. The molecule has 0 saturated heterocycles. The van der Waals surface area contributed by atoms with Gasteiger partial charge >= 0.3 is 0 Å². The summed E-state index contributed by atoms with van der Waals surface area (Å²) in [4.78, 5) is 2.15. The minimum absolute atomic E-state index is 0.327. The van der Waals surface area contributed by atoms with Crippen molar-refractivity contribution in [1.29, 1.82) is 0 Å². The van der Waals surface area contributed by atoms with Gasteiger partial charge in [0.15, 0.2) is 0 Å². The van der Waals surface area contributed by atoms with E-state index in [1.54, 1.807) is 30.0 Å². The lowest BCUT2D eigenvalue weighted by atomic mass is 10.1. The number of halogens is 1. The predicted molar refractivity (Wildman–Crippen MR) is 71.9 cm³/mol. The second-order valence-electron chi connectivity index (χ2n) is 4.12. The van der Waals surface area contributed by atoms with Crippen LogP contribution < -0.4 is 0 Å². The van der Waals surface area contributed by atoms with E-state index in [9.17, 15) is 9.50 Å². The van der Waals surface area contributed by atoms with Gasteiger partial charge in [0.25, 0.3) is 0 Å². The number of rotatable bonds is 7. The number of thioether (sulfide) groups is 1. The van der Waals surface area contributed by atoms with E-state index in [0.717, 1.165) is 18.8 Å². The van der Waals surface area contributed by atoms with Crippen molar-refractivity contribution >= 4 is 11.8 Å². The Balaban J connectivity index is 2.39. The van der Waals surface area contributed by atoms with E-state index >= 15 is 0 Å². The van der Waals surface area contributed by atoms with Gasteiger partial charge in [-0.1, -0.05) is 18.2 Å². The van der Waals surface area contributed by atoms with Crippen LogP contribution in [0, 0.1) is 5.82 Å². The summed E-state index contributed by atoms with van der Waals surface area (Å²) >= 11 is 1.80. The Labute approximate surface area is 107 Å². The molecule has 0 radical (unpaired) electrons. The standard InChI is InChI=1S/C13H20FNOS/c1-15(9-10-17-2)8-7-13(16)11-5-3-4-6-12(11)14/h3-6,13,16H,7-10H2,1-2H3. The molecule has 2 nitrogen and oxygen atoms in total. The molecule has 4 heteroatoms. The van der Waals surface area contributed by atoms with Gasteiger partial charge in [0.05, 0.1) is 6.10 Å². The molecular weight excluding hydrogens is 237 g/mol. The molecule has 1 unspecified atom stereocenters. The SMILES string of the molecule is CSCCN(C)CCC(O)c1ccccc1F. The summed E-state index contributed by atoms with van der Waals surface area (Å²) in [6.45, 7) is 1.77. The van der Waals surface area contributed by atoms with Crippen LogP contribution in [0.5, 0.6) is 0 Å². The molecule has 0 saturated carbocycles. The third-order valence-corrected chi connectivity index (χ3v) is 3.32. The quantitative estimate of drug-likeness (QED) is 0.812. The van der Waals surface area contributed by atoms with Crippen molar-refractivity contribution in [3.8, 4) is 0 Å². The monoisotopic (exact) mass is 257 g/mol. The molecule has 0 aromatic heterocycles. The molecule has 0 aliphatic carbocycles. The first-order chi connectivity index (χ1) is 8.15. The molecule has 0 amide bonds. The number of aliphatic hydroxyl groups is 1. The highest BCUT2D eigenvalue weighted by molar-refractivity contribution is 7.98. The Morgan fingerprint density at radius 3 is 2.71 bits per heavy atom. The third kappa shape index (κ3) is 5.06. The van der Waals surface area contributed by atoms with Crippen LogP contribution in [-0.2, 0) is 0 Å². The summed E-state index contributed by atoms with van der Waals surface area (Å²) in [5.74, 6) is 0.749. The van der Waals surface area contributed by atoms with Gasteiger partial charge in [0, 0.05) is 24.4 Å². The third-order valence-electron chi connectivity index (χ3n) is 2.73. The Kier molecular flexibility index (Phi) is 6.55. The Bertz CT molecular complexity index is 335. The highest BCUT2D eigenvalue weighted by Crippen LogP contribution is 2.19. The van der Waals surface area contributed by atoms with Gasteiger partial charge in [-0.2, -0.15) is 11.8 Å². The number of aliphatic hydroxyl groups excluding tert-OH is 1. The zero-order chi connectivity index (χ0) is 12.7. The number of hydrogen-bond acceptors (Lipinski definition) is 3. The number of benzene rings is 1. The van der Waals surface area contributed by atoms with Crippen LogP contribution in [0.15, 0.2) is 24.3 Å². The van der Waals surface area contributed by atoms with Gasteiger partial charge in [0.2, 0.25) is 0 Å². The van der Waals surface area contributed by atoms with Gasteiger partial charge in [-0.05, 0) is 25.8 Å². The molecule has 1 aromatic rings. The molecule has 0 spiro atoms. The van der Waals surface area contributed by atoms with Crippen molar-refractivity contribution < 1.29 is 9.50 Å². The lowest BCUT2D eigenvalue weighted by molar-refractivity contribution is 0.146. The van der Waals surface area contributed by atoms with E-state index in [2.05, 4.69) is 11.2 Å². The molecule has 0 bridgehead atoms. The van der Waals surface area contributed by atoms with E-state index in [1.165, 1.54) is 6.07 Å². The first kappa shape index (κ1) is 14.5. The molecule has 1 atom stereocenters. The van der Waals surface area contributed by atoms with Crippen LogP contribution in [0.2, 0.25) is 0 Å². The fraction of sp³-hybridized carbons (Fsp3) is 0.538. The van der Waals surface area contributed by atoms with Crippen molar-refractivity contribution in [3.05, 3.63) is 35.6 Å². The number of nitrogens with zero attached hydrogens (tertiary/aromatic N) is 1. The minimum Gasteiger partial charge on any atom is -0.388 e. The van der Waals surface area contributed by atoms with E-state index in [1.807, 2.05) is 7.05 Å². The lowest BCUT2D eigenvalue weighted by Gasteiger charge is -2.18. The molecule has 0 fully saturated rings.